The summed E-state index contributed by atoms with van der Waals surface area (Å²) in [7, 11) is 0. The number of alkyl carbamates (subject to hydrolysis) is 1. The number of hydrogen-bond donors (Lipinski definition) is 5. The molecular formula is C21H26N6O7. The summed E-state index contributed by atoms with van der Waals surface area (Å²) < 4.78 is 15.4. The van der Waals surface area contributed by atoms with Crippen molar-refractivity contribution < 1.29 is 33.5 Å². The molecular weight excluding hydrogens is 448 g/mol. The molecule has 0 saturated heterocycles. The number of ether oxygens (including phenoxy) is 2. The van der Waals surface area contributed by atoms with E-state index in [0.717, 1.165) is 24.6 Å². The van der Waals surface area contributed by atoms with Gasteiger partial charge in [0.05, 0.1) is 19.2 Å². The zero-order chi connectivity index (χ0) is 24.2. The second-order valence-electron chi connectivity index (χ2n) is 7.12. The molecule has 13 heteroatoms. The lowest BCUT2D eigenvalue weighted by molar-refractivity contribution is -0.139. The predicted molar refractivity (Wildman–Crippen MR) is 118 cm³/mol. The van der Waals surface area contributed by atoms with Crippen LogP contribution >= 0.6 is 0 Å². The van der Waals surface area contributed by atoms with Gasteiger partial charge in [0.15, 0.2) is 5.96 Å². The molecule has 0 spiro atoms. The third-order valence-corrected chi connectivity index (χ3v) is 4.52. The van der Waals surface area contributed by atoms with Crippen LogP contribution in [0.1, 0.15) is 22.5 Å². The SMILES string of the molecule is O=C(NC(CNC(=O)c1cc(OCCCNC2=NCCN2)no1)C(=O)O)OCc1ccccc1. The highest BCUT2D eigenvalue weighted by Crippen LogP contribution is 2.11. The number of nitrogens with zero attached hydrogens (tertiary/aromatic N) is 2. The maximum absolute atomic E-state index is 12.2. The first-order chi connectivity index (χ1) is 16.5. The van der Waals surface area contributed by atoms with Crippen LogP contribution in [-0.2, 0) is 16.1 Å². The normalized spacial score (nSPS) is 13.2. The Bertz CT molecular complexity index is 995. The van der Waals surface area contributed by atoms with Crippen LogP contribution in [0.3, 0.4) is 0 Å². The number of amides is 2. The second-order valence-corrected chi connectivity index (χ2v) is 7.12. The zero-order valence-electron chi connectivity index (χ0n) is 18.3. The number of hydrogen-bond acceptors (Lipinski definition) is 10. The number of carboxylic acids is 1. The van der Waals surface area contributed by atoms with E-state index in [2.05, 4.69) is 31.4 Å². The zero-order valence-corrected chi connectivity index (χ0v) is 18.3. The van der Waals surface area contributed by atoms with Crippen molar-refractivity contribution in [1.29, 1.82) is 0 Å². The molecule has 34 heavy (non-hydrogen) atoms. The summed E-state index contributed by atoms with van der Waals surface area (Å²) in [6, 6.07) is 8.80. The third-order valence-electron chi connectivity index (χ3n) is 4.52. The molecule has 0 radical (unpaired) electrons. The summed E-state index contributed by atoms with van der Waals surface area (Å²) in [6.07, 6.45) is -0.257. The van der Waals surface area contributed by atoms with Crippen LogP contribution in [0, 0.1) is 0 Å². The van der Waals surface area contributed by atoms with Crippen molar-refractivity contribution in [2.24, 2.45) is 4.99 Å². The van der Waals surface area contributed by atoms with E-state index in [1.54, 1.807) is 24.3 Å². The monoisotopic (exact) mass is 474 g/mol. The Balaban J connectivity index is 1.36. The van der Waals surface area contributed by atoms with Crippen molar-refractivity contribution in [1.82, 2.24) is 26.4 Å². The number of nitrogens with one attached hydrogen (secondary N) is 4. The van der Waals surface area contributed by atoms with Crippen molar-refractivity contribution in [3.8, 4) is 5.88 Å². The third kappa shape index (κ3) is 8.00. The van der Waals surface area contributed by atoms with Gasteiger partial charge in [0.2, 0.25) is 5.76 Å². The largest absolute Gasteiger partial charge is 0.480 e. The van der Waals surface area contributed by atoms with Crippen LogP contribution in [0.4, 0.5) is 4.79 Å². The van der Waals surface area contributed by atoms with E-state index in [1.165, 1.54) is 6.07 Å². The van der Waals surface area contributed by atoms with Gasteiger partial charge in [0, 0.05) is 19.6 Å². The molecule has 1 aliphatic rings. The molecule has 1 atom stereocenters. The molecule has 2 heterocycles. The Labute approximate surface area is 194 Å². The van der Waals surface area contributed by atoms with Crippen LogP contribution in [0.15, 0.2) is 45.9 Å². The maximum atomic E-state index is 12.2. The number of carbonyl (C=O) groups excluding carboxylic acids is 2. The average molecular weight is 474 g/mol. The molecule has 1 aromatic carbocycles. The van der Waals surface area contributed by atoms with Crippen molar-refractivity contribution in [2.75, 3.05) is 32.8 Å². The van der Waals surface area contributed by atoms with Crippen LogP contribution < -0.4 is 26.0 Å². The van der Waals surface area contributed by atoms with Crippen LogP contribution in [0.5, 0.6) is 5.88 Å². The van der Waals surface area contributed by atoms with Gasteiger partial charge in [-0.2, -0.15) is 0 Å². The molecule has 0 saturated carbocycles. The first kappa shape index (κ1) is 24.4. The average Bonchev–Trinajstić information content (AvgIpc) is 3.53. The fourth-order valence-electron chi connectivity index (χ4n) is 2.80. The quantitative estimate of drug-likeness (QED) is 0.265. The number of aromatic nitrogens is 1. The summed E-state index contributed by atoms with van der Waals surface area (Å²) in [5.41, 5.74) is 0.748. The highest BCUT2D eigenvalue weighted by Gasteiger charge is 2.23. The Morgan fingerprint density at radius 1 is 1.24 bits per heavy atom. The Hall–Kier alpha value is -4.29. The van der Waals surface area contributed by atoms with E-state index in [-0.39, 0.29) is 18.2 Å². The van der Waals surface area contributed by atoms with Crippen molar-refractivity contribution in [3.63, 3.8) is 0 Å². The predicted octanol–water partition coefficient (Wildman–Crippen LogP) is 0.102. The number of carbonyl (C=O) groups is 3. The maximum Gasteiger partial charge on any atom is 0.408 e. The highest BCUT2D eigenvalue weighted by atomic mass is 16.5. The van der Waals surface area contributed by atoms with Crippen LogP contribution in [0.2, 0.25) is 0 Å². The summed E-state index contributed by atoms with van der Waals surface area (Å²) >= 11 is 0. The van der Waals surface area contributed by atoms with E-state index in [9.17, 15) is 19.5 Å². The van der Waals surface area contributed by atoms with Crippen molar-refractivity contribution >= 4 is 23.9 Å². The van der Waals surface area contributed by atoms with Gasteiger partial charge in [-0.15, -0.1) is 0 Å². The standard InChI is InChI=1S/C21H26N6O7/c28-18(16-11-17(27-34-16)32-10-4-7-22-20-23-8-9-24-20)25-12-15(19(29)30)26-21(31)33-13-14-5-2-1-3-6-14/h1-3,5-6,11,15H,4,7-10,12-13H2,(H,25,28)(H,26,31)(H,29,30)(H2,22,23,24). The van der Waals surface area contributed by atoms with E-state index in [0.29, 0.717) is 19.6 Å². The van der Waals surface area contributed by atoms with Crippen LogP contribution in [0.25, 0.3) is 0 Å². The number of guanidine groups is 1. The number of aliphatic carboxylic acids is 1. The van der Waals surface area contributed by atoms with Crippen LogP contribution in [-0.4, -0.2) is 73.0 Å². The summed E-state index contributed by atoms with van der Waals surface area (Å²) in [5, 5.41) is 23.7. The molecule has 1 aromatic heterocycles. The topological polar surface area (TPSA) is 176 Å². The molecule has 1 aliphatic heterocycles. The summed E-state index contributed by atoms with van der Waals surface area (Å²) in [6.45, 7) is 2.15. The van der Waals surface area contributed by atoms with Gasteiger partial charge in [-0.1, -0.05) is 30.3 Å². The molecule has 2 aromatic rings. The van der Waals surface area contributed by atoms with Gasteiger partial charge in [0.1, 0.15) is 12.6 Å². The van der Waals surface area contributed by atoms with Gasteiger partial charge in [-0.05, 0) is 17.1 Å². The summed E-state index contributed by atoms with van der Waals surface area (Å²) in [4.78, 5) is 39.8. The van der Waals surface area contributed by atoms with Crippen molar-refractivity contribution in [3.05, 3.63) is 47.7 Å². The van der Waals surface area contributed by atoms with Gasteiger partial charge in [0.25, 0.3) is 11.8 Å². The first-order valence-electron chi connectivity index (χ1n) is 10.6. The van der Waals surface area contributed by atoms with E-state index >= 15 is 0 Å². The molecule has 182 valence electrons. The molecule has 0 bridgehead atoms. The minimum atomic E-state index is -1.41. The minimum Gasteiger partial charge on any atom is -0.480 e. The number of rotatable bonds is 12. The van der Waals surface area contributed by atoms with E-state index in [1.807, 2.05) is 6.07 Å². The molecule has 0 aliphatic carbocycles. The number of carboxylic acid groups (broad SMARTS) is 1. The lowest BCUT2D eigenvalue weighted by Gasteiger charge is -2.15. The second kappa shape index (κ2) is 12.7. The van der Waals surface area contributed by atoms with E-state index < -0.39 is 30.6 Å². The Morgan fingerprint density at radius 3 is 2.79 bits per heavy atom. The number of benzene rings is 1. The van der Waals surface area contributed by atoms with E-state index in [4.69, 9.17) is 14.0 Å². The smallest absolute Gasteiger partial charge is 0.408 e. The fraction of sp³-hybridized carbons (Fsp3) is 0.381. The van der Waals surface area contributed by atoms with Gasteiger partial charge < -0.3 is 40.4 Å². The molecule has 0 fully saturated rings. The molecule has 3 rings (SSSR count). The fourth-order valence-corrected chi connectivity index (χ4v) is 2.80. The van der Waals surface area contributed by atoms with Gasteiger partial charge in [-0.3, -0.25) is 9.79 Å². The Kier molecular flexibility index (Phi) is 9.08. The molecule has 5 N–H and O–H groups in total. The number of aliphatic imine (C=N–C) groups is 1. The minimum absolute atomic E-state index is 0.0199. The molecule has 2 amide bonds. The summed E-state index contributed by atoms with van der Waals surface area (Å²) in [5.74, 6) is -1.32. The lowest BCUT2D eigenvalue weighted by Crippen LogP contribution is -2.48. The molecule has 1 unspecified atom stereocenters. The van der Waals surface area contributed by atoms with Gasteiger partial charge >= 0.3 is 12.1 Å². The Morgan fingerprint density at radius 2 is 2.06 bits per heavy atom. The molecule has 13 nitrogen and oxygen atoms in total. The van der Waals surface area contributed by atoms with Gasteiger partial charge in [-0.25, -0.2) is 9.59 Å². The lowest BCUT2D eigenvalue weighted by atomic mass is 10.2. The van der Waals surface area contributed by atoms with Crippen molar-refractivity contribution in [2.45, 2.75) is 19.1 Å². The highest BCUT2D eigenvalue weighted by molar-refractivity contribution is 5.92. The first-order valence-corrected chi connectivity index (χ1v) is 10.6.